The molecule has 0 spiro atoms. The largest absolute Gasteiger partial charge is 0.507 e. The van der Waals surface area contributed by atoms with Gasteiger partial charge in [0.15, 0.2) is 23.1 Å². The molecule has 1 heterocycles. The van der Waals surface area contributed by atoms with Gasteiger partial charge in [0.2, 0.25) is 0 Å². The number of aliphatic hydroxyl groups is 1. The van der Waals surface area contributed by atoms with E-state index in [9.17, 15) is 28.6 Å². The number of halogens is 2. The number of Topliss-reactive ketones (excluding diaryl/α,β-unsaturated/α-hetero) is 1. The second kappa shape index (κ2) is 9.69. The lowest BCUT2D eigenvalue weighted by Gasteiger charge is -2.26. The van der Waals surface area contributed by atoms with E-state index in [1.54, 1.807) is 12.1 Å². The van der Waals surface area contributed by atoms with Crippen molar-refractivity contribution < 1.29 is 38.1 Å². The predicted molar refractivity (Wildman–Crippen MR) is 128 cm³/mol. The maximum absolute atomic E-state index is 14.1. The average Bonchev–Trinajstić information content (AvgIpc) is 3.11. The summed E-state index contributed by atoms with van der Waals surface area (Å²) >= 11 is 0. The highest BCUT2D eigenvalue weighted by atomic mass is 19.2. The molecule has 9 heteroatoms. The predicted octanol–water partition coefficient (Wildman–Crippen LogP) is 5.09. The molecule has 36 heavy (non-hydrogen) atoms. The van der Waals surface area contributed by atoms with Crippen LogP contribution in [-0.2, 0) is 9.59 Å². The molecule has 186 valence electrons. The number of rotatable bonds is 6. The standard InChI is InChI=1S/C27H23F2NO6/c1-14(2)36-18-8-4-15(5-9-18)25(32)23-24(16-6-11-22(35-3)21(31)12-16)30(27(34)26(23)33)17-7-10-19(28)20(29)13-17/h4-14,24,31-32H,1-3H3/b25-23+. The van der Waals surface area contributed by atoms with Crippen LogP contribution in [0.25, 0.3) is 5.76 Å². The lowest BCUT2D eigenvalue weighted by atomic mass is 9.94. The van der Waals surface area contributed by atoms with Gasteiger partial charge in [-0.25, -0.2) is 8.78 Å². The van der Waals surface area contributed by atoms with Crippen molar-refractivity contribution in [1.29, 1.82) is 0 Å². The van der Waals surface area contributed by atoms with Crippen molar-refractivity contribution in [2.24, 2.45) is 0 Å². The van der Waals surface area contributed by atoms with Crippen LogP contribution >= 0.6 is 0 Å². The zero-order valence-electron chi connectivity index (χ0n) is 19.7. The van der Waals surface area contributed by atoms with Crippen molar-refractivity contribution in [2.75, 3.05) is 12.0 Å². The van der Waals surface area contributed by atoms with Gasteiger partial charge >= 0.3 is 0 Å². The summed E-state index contributed by atoms with van der Waals surface area (Å²) in [6, 6.07) is 12.0. The minimum absolute atomic E-state index is 0.0753. The molecule has 4 rings (SSSR count). The third-order valence-corrected chi connectivity index (χ3v) is 5.64. The van der Waals surface area contributed by atoms with Crippen molar-refractivity contribution in [3.63, 3.8) is 0 Å². The number of hydrogen-bond donors (Lipinski definition) is 2. The Morgan fingerprint density at radius 3 is 2.25 bits per heavy atom. The number of anilines is 1. The Balaban J connectivity index is 1.90. The van der Waals surface area contributed by atoms with E-state index in [0.717, 1.165) is 23.1 Å². The van der Waals surface area contributed by atoms with Gasteiger partial charge in [-0.15, -0.1) is 0 Å². The van der Waals surface area contributed by atoms with Crippen LogP contribution in [0.1, 0.15) is 31.0 Å². The Morgan fingerprint density at radius 2 is 1.67 bits per heavy atom. The van der Waals surface area contributed by atoms with Crippen LogP contribution in [0.15, 0.2) is 66.2 Å². The van der Waals surface area contributed by atoms with Gasteiger partial charge in [-0.1, -0.05) is 6.07 Å². The molecule has 3 aromatic carbocycles. The van der Waals surface area contributed by atoms with Crippen LogP contribution in [0.4, 0.5) is 14.5 Å². The lowest BCUT2D eigenvalue weighted by molar-refractivity contribution is -0.132. The summed E-state index contributed by atoms with van der Waals surface area (Å²) in [5, 5.41) is 21.5. The molecule has 1 amide bonds. The normalized spacial score (nSPS) is 17.1. The number of nitrogens with zero attached hydrogens (tertiary/aromatic N) is 1. The number of ether oxygens (including phenoxy) is 2. The van der Waals surface area contributed by atoms with Crippen LogP contribution in [0.2, 0.25) is 0 Å². The van der Waals surface area contributed by atoms with Gasteiger partial charge in [0.25, 0.3) is 11.7 Å². The fraction of sp³-hybridized carbons (Fsp3) is 0.185. The van der Waals surface area contributed by atoms with E-state index in [2.05, 4.69) is 0 Å². The molecule has 1 fully saturated rings. The SMILES string of the molecule is COc1ccc(C2/C(=C(\O)c3ccc(OC(C)C)cc3)C(=O)C(=O)N2c2ccc(F)c(F)c2)cc1O. The molecule has 1 saturated heterocycles. The van der Waals surface area contributed by atoms with Gasteiger partial charge < -0.3 is 19.7 Å². The molecular formula is C27H23F2NO6. The monoisotopic (exact) mass is 495 g/mol. The maximum Gasteiger partial charge on any atom is 0.300 e. The van der Waals surface area contributed by atoms with Gasteiger partial charge in [-0.3, -0.25) is 14.5 Å². The highest BCUT2D eigenvalue weighted by molar-refractivity contribution is 6.51. The molecule has 1 atom stereocenters. The first-order chi connectivity index (χ1) is 17.1. The van der Waals surface area contributed by atoms with Crippen molar-refractivity contribution in [3.05, 3.63) is 89.0 Å². The number of carbonyl (C=O) groups is 2. The van der Waals surface area contributed by atoms with Crippen LogP contribution in [-0.4, -0.2) is 35.1 Å². The van der Waals surface area contributed by atoms with Gasteiger partial charge in [0.1, 0.15) is 11.5 Å². The molecule has 7 nitrogen and oxygen atoms in total. The summed E-state index contributed by atoms with van der Waals surface area (Å²) in [6.45, 7) is 3.72. The topological polar surface area (TPSA) is 96.3 Å². The fourth-order valence-electron chi connectivity index (χ4n) is 4.05. The summed E-state index contributed by atoms with van der Waals surface area (Å²) in [6.07, 6.45) is -0.0753. The molecule has 3 aromatic rings. The third kappa shape index (κ3) is 4.47. The highest BCUT2D eigenvalue weighted by Gasteiger charge is 2.47. The minimum Gasteiger partial charge on any atom is -0.507 e. The quantitative estimate of drug-likeness (QED) is 0.281. The van der Waals surface area contributed by atoms with Crippen LogP contribution in [0.5, 0.6) is 17.2 Å². The summed E-state index contributed by atoms with van der Waals surface area (Å²) in [5.74, 6) is -4.49. The number of benzene rings is 3. The highest BCUT2D eigenvalue weighted by Crippen LogP contribution is 2.44. The number of phenolic OH excluding ortho intramolecular Hbond substituents is 1. The summed E-state index contributed by atoms with van der Waals surface area (Å²) in [7, 11) is 1.36. The Kier molecular flexibility index (Phi) is 6.65. The number of phenols is 1. The molecule has 0 aromatic heterocycles. The zero-order valence-corrected chi connectivity index (χ0v) is 19.7. The van der Waals surface area contributed by atoms with Crippen molar-refractivity contribution in [2.45, 2.75) is 26.0 Å². The molecule has 1 unspecified atom stereocenters. The number of hydrogen-bond acceptors (Lipinski definition) is 6. The van der Waals surface area contributed by atoms with Gasteiger partial charge in [-0.2, -0.15) is 0 Å². The number of carbonyl (C=O) groups excluding carboxylic acids is 2. The molecule has 0 bridgehead atoms. The Bertz CT molecular complexity index is 1370. The summed E-state index contributed by atoms with van der Waals surface area (Å²) < 4.78 is 38.3. The number of aliphatic hydroxyl groups excluding tert-OH is 1. The molecule has 0 saturated carbocycles. The van der Waals surface area contributed by atoms with Crippen molar-refractivity contribution in [3.8, 4) is 17.2 Å². The van der Waals surface area contributed by atoms with Gasteiger partial charge in [0.05, 0.1) is 24.8 Å². The smallest absolute Gasteiger partial charge is 0.300 e. The second-order valence-electron chi connectivity index (χ2n) is 8.39. The van der Waals surface area contributed by atoms with Crippen molar-refractivity contribution in [1.82, 2.24) is 0 Å². The fourth-order valence-corrected chi connectivity index (χ4v) is 4.05. The average molecular weight is 495 g/mol. The number of aromatic hydroxyl groups is 1. The third-order valence-electron chi connectivity index (χ3n) is 5.64. The maximum atomic E-state index is 14.1. The molecular weight excluding hydrogens is 472 g/mol. The van der Waals surface area contributed by atoms with Gasteiger partial charge in [0, 0.05) is 17.3 Å². The molecule has 1 aliphatic heterocycles. The Morgan fingerprint density at radius 1 is 0.972 bits per heavy atom. The van der Waals surface area contributed by atoms with Crippen LogP contribution in [0, 0.1) is 11.6 Å². The molecule has 1 aliphatic rings. The summed E-state index contributed by atoms with van der Waals surface area (Å²) in [5.41, 5.74) is 0.0820. The summed E-state index contributed by atoms with van der Waals surface area (Å²) in [4.78, 5) is 27.2. The first kappa shape index (κ1) is 24.7. The molecule has 2 N–H and O–H groups in total. The number of ketones is 1. The zero-order chi connectivity index (χ0) is 26.1. The number of methoxy groups -OCH3 is 1. The lowest BCUT2D eigenvalue weighted by Crippen LogP contribution is -2.29. The van der Waals surface area contributed by atoms with E-state index in [1.165, 1.54) is 37.4 Å². The van der Waals surface area contributed by atoms with E-state index < -0.39 is 35.1 Å². The molecule has 0 aliphatic carbocycles. The minimum atomic E-state index is -1.25. The first-order valence-corrected chi connectivity index (χ1v) is 11.0. The Hall–Kier alpha value is -4.40. The van der Waals surface area contributed by atoms with Crippen LogP contribution in [0.3, 0.4) is 0 Å². The van der Waals surface area contributed by atoms with Crippen molar-refractivity contribution >= 4 is 23.1 Å². The van der Waals surface area contributed by atoms with E-state index in [0.29, 0.717) is 5.75 Å². The van der Waals surface area contributed by atoms with Crippen LogP contribution < -0.4 is 14.4 Å². The van der Waals surface area contributed by atoms with Gasteiger partial charge in [-0.05, 0) is 67.9 Å². The Labute approximate surface area is 205 Å². The van der Waals surface area contributed by atoms with E-state index >= 15 is 0 Å². The second-order valence-corrected chi connectivity index (χ2v) is 8.39. The number of amides is 1. The van der Waals surface area contributed by atoms with E-state index in [-0.39, 0.29) is 40.0 Å². The molecule has 0 radical (unpaired) electrons. The first-order valence-electron chi connectivity index (χ1n) is 11.0. The van der Waals surface area contributed by atoms with E-state index in [1.807, 2.05) is 13.8 Å². The van der Waals surface area contributed by atoms with E-state index in [4.69, 9.17) is 9.47 Å².